The van der Waals surface area contributed by atoms with Crippen molar-refractivity contribution >= 4 is 53.3 Å². The molecule has 6 rings (SSSR count). The SMILES string of the molecule is NCCc1cn(S(=O)(=O)c2nc3ccccc3s2)c2ccc(-c3cccc4ccccc34)cc12. The molecule has 2 heterocycles. The van der Waals surface area contributed by atoms with Gasteiger partial charge in [-0.25, -0.2) is 8.96 Å². The molecule has 0 radical (unpaired) electrons. The molecule has 0 atom stereocenters. The van der Waals surface area contributed by atoms with Gasteiger partial charge in [-0.05, 0) is 64.7 Å². The highest BCUT2D eigenvalue weighted by molar-refractivity contribution is 7.92. The van der Waals surface area contributed by atoms with E-state index in [1.54, 1.807) is 6.20 Å². The standard InChI is InChI=1S/C27H21N3O2S2/c28-15-14-20-17-30(34(31,32)27-29-24-10-3-4-11-26(24)33-27)25-13-12-19(16-23(20)25)22-9-5-7-18-6-1-2-8-21(18)22/h1-13,16-17H,14-15,28H2. The van der Waals surface area contributed by atoms with Crippen LogP contribution in [0.25, 0.3) is 43.0 Å². The minimum absolute atomic E-state index is 0.0861. The van der Waals surface area contributed by atoms with Gasteiger partial charge < -0.3 is 5.73 Å². The predicted molar refractivity (Wildman–Crippen MR) is 140 cm³/mol. The van der Waals surface area contributed by atoms with E-state index in [9.17, 15) is 8.42 Å². The number of hydrogen-bond acceptors (Lipinski definition) is 5. The molecule has 34 heavy (non-hydrogen) atoms. The normalized spacial score (nSPS) is 12.1. The maximum atomic E-state index is 13.6. The summed E-state index contributed by atoms with van der Waals surface area (Å²) in [5.41, 5.74) is 10.3. The minimum atomic E-state index is -3.85. The van der Waals surface area contributed by atoms with E-state index < -0.39 is 10.0 Å². The van der Waals surface area contributed by atoms with Crippen LogP contribution in [0, 0.1) is 0 Å². The average molecular weight is 484 g/mol. The fraction of sp³-hybridized carbons (Fsp3) is 0.0741. The van der Waals surface area contributed by atoms with Crippen LogP contribution < -0.4 is 5.73 Å². The molecule has 0 spiro atoms. The lowest BCUT2D eigenvalue weighted by molar-refractivity contribution is 0.588. The number of aromatic nitrogens is 2. The third-order valence-corrected chi connectivity index (χ3v) is 9.19. The summed E-state index contributed by atoms with van der Waals surface area (Å²) in [7, 11) is -3.85. The molecule has 6 aromatic rings. The average Bonchev–Trinajstić information content (AvgIpc) is 3.46. The van der Waals surface area contributed by atoms with Gasteiger partial charge in [-0.3, -0.25) is 0 Å². The van der Waals surface area contributed by atoms with Crippen LogP contribution in [-0.2, 0) is 16.4 Å². The molecule has 0 unspecified atom stereocenters. The second-order valence-corrected chi connectivity index (χ2v) is 11.2. The summed E-state index contributed by atoms with van der Waals surface area (Å²) < 4.78 is 29.6. The summed E-state index contributed by atoms with van der Waals surface area (Å²) in [6.45, 7) is 0.429. The van der Waals surface area contributed by atoms with E-state index in [-0.39, 0.29) is 4.34 Å². The Morgan fingerprint density at radius 1 is 0.882 bits per heavy atom. The number of rotatable bonds is 5. The highest BCUT2D eigenvalue weighted by atomic mass is 32.2. The molecule has 7 heteroatoms. The first-order valence-corrected chi connectivity index (χ1v) is 13.3. The summed E-state index contributed by atoms with van der Waals surface area (Å²) >= 11 is 1.19. The van der Waals surface area contributed by atoms with E-state index in [4.69, 9.17) is 5.73 Å². The van der Waals surface area contributed by atoms with Crippen molar-refractivity contribution in [2.75, 3.05) is 6.54 Å². The van der Waals surface area contributed by atoms with Gasteiger partial charge in [0.25, 0.3) is 10.0 Å². The van der Waals surface area contributed by atoms with Crippen molar-refractivity contribution in [2.45, 2.75) is 10.8 Å². The maximum Gasteiger partial charge on any atom is 0.295 e. The van der Waals surface area contributed by atoms with Gasteiger partial charge in [-0.2, -0.15) is 8.42 Å². The number of benzene rings is 4. The first-order valence-electron chi connectivity index (χ1n) is 11.0. The van der Waals surface area contributed by atoms with Crippen molar-refractivity contribution < 1.29 is 8.42 Å². The molecule has 4 aromatic carbocycles. The summed E-state index contributed by atoms with van der Waals surface area (Å²) in [5, 5.41) is 3.21. The van der Waals surface area contributed by atoms with Crippen molar-refractivity contribution in [2.24, 2.45) is 5.73 Å². The summed E-state index contributed by atoms with van der Waals surface area (Å²) in [4.78, 5) is 4.41. The van der Waals surface area contributed by atoms with Crippen molar-refractivity contribution in [3.63, 3.8) is 0 Å². The Labute approximate surface area is 201 Å². The molecule has 5 nitrogen and oxygen atoms in total. The maximum absolute atomic E-state index is 13.6. The summed E-state index contributed by atoms with van der Waals surface area (Å²) in [6.07, 6.45) is 2.28. The highest BCUT2D eigenvalue weighted by Crippen LogP contribution is 2.35. The Hall–Kier alpha value is -3.52. The Morgan fingerprint density at radius 3 is 2.53 bits per heavy atom. The van der Waals surface area contributed by atoms with Crippen LogP contribution in [0.15, 0.2) is 95.5 Å². The lowest BCUT2D eigenvalue weighted by Gasteiger charge is -2.09. The number of hydrogen-bond donors (Lipinski definition) is 1. The van der Waals surface area contributed by atoms with Gasteiger partial charge in [0.05, 0.1) is 15.7 Å². The van der Waals surface area contributed by atoms with Crippen LogP contribution in [0.2, 0.25) is 0 Å². The lowest BCUT2D eigenvalue weighted by atomic mass is 9.96. The van der Waals surface area contributed by atoms with Crippen LogP contribution in [0.4, 0.5) is 0 Å². The number of nitrogens with two attached hydrogens (primary N) is 1. The highest BCUT2D eigenvalue weighted by Gasteiger charge is 2.25. The molecule has 0 amide bonds. The first-order chi connectivity index (χ1) is 16.6. The van der Waals surface area contributed by atoms with Gasteiger partial charge in [0.15, 0.2) is 0 Å². The molecule has 0 fully saturated rings. The van der Waals surface area contributed by atoms with E-state index in [0.717, 1.165) is 32.2 Å². The number of para-hydroxylation sites is 1. The number of fused-ring (bicyclic) bond motifs is 3. The number of nitrogens with zero attached hydrogens (tertiary/aromatic N) is 2. The molecule has 2 N–H and O–H groups in total. The van der Waals surface area contributed by atoms with Crippen molar-refractivity contribution in [1.29, 1.82) is 0 Å². The molecule has 0 saturated carbocycles. The van der Waals surface area contributed by atoms with Crippen LogP contribution in [-0.4, -0.2) is 23.9 Å². The van der Waals surface area contributed by atoms with Crippen molar-refractivity contribution in [3.05, 3.63) is 96.7 Å². The van der Waals surface area contributed by atoms with Gasteiger partial charge in [0.2, 0.25) is 4.34 Å². The van der Waals surface area contributed by atoms with Gasteiger partial charge in [-0.15, -0.1) is 11.3 Å². The third-order valence-electron chi connectivity index (χ3n) is 6.12. The second-order valence-electron chi connectivity index (χ2n) is 8.20. The molecule has 0 aliphatic carbocycles. The Bertz CT molecular complexity index is 1760. The van der Waals surface area contributed by atoms with Crippen LogP contribution in [0.1, 0.15) is 5.56 Å². The van der Waals surface area contributed by atoms with Crippen molar-refractivity contribution in [3.8, 4) is 11.1 Å². The fourth-order valence-corrected chi connectivity index (χ4v) is 7.20. The van der Waals surface area contributed by atoms with Crippen molar-refractivity contribution in [1.82, 2.24) is 8.96 Å². The smallest absolute Gasteiger partial charge is 0.295 e. The topological polar surface area (TPSA) is 78.0 Å². The van der Waals surface area contributed by atoms with Gasteiger partial charge >= 0.3 is 0 Å². The first kappa shape index (κ1) is 21.0. The van der Waals surface area contributed by atoms with E-state index in [1.807, 2.05) is 54.6 Å². The van der Waals surface area contributed by atoms with Gasteiger partial charge in [-0.1, -0.05) is 60.7 Å². The van der Waals surface area contributed by atoms with E-state index >= 15 is 0 Å². The molecular formula is C27H21N3O2S2. The summed E-state index contributed by atoms with van der Waals surface area (Å²) in [5.74, 6) is 0. The molecule has 2 aromatic heterocycles. The molecule has 0 aliphatic heterocycles. The van der Waals surface area contributed by atoms with Crippen LogP contribution in [0.5, 0.6) is 0 Å². The summed E-state index contributed by atoms with van der Waals surface area (Å²) in [6, 6.07) is 27.9. The Morgan fingerprint density at radius 2 is 1.68 bits per heavy atom. The van der Waals surface area contributed by atoms with E-state index in [0.29, 0.717) is 24.0 Å². The predicted octanol–water partition coefficient (Wildman–Crippen LogP) is 5.81. The Kier molecular flexibility index (Phi) is 4.99. The molecular weight excluding hydrogens is 462 g/mol. The van der Waals surface area contributed by atoms with Gasteiger partial charge in [0, 0.05) is 11.6 Å². The van der Waals surface area contributed by atoms with Crippen LogP contribution in [0.3, 0.4) is 0 Å². The zero-order valence-corrected chi connectivity index (χ0v) is 19.8. The monoisotopic (exact) mass is 483 g/mol. The fourth-order valence-electron chi connectivity index (χ4n) is 4.51. The second kappa shape index (κ2) is 8.06. The number of thiazole rings is 1. The molecule has 0 bridgehead atoms. The molecule has 0 saturated heterocycles. The van der Waals surface area contributed by atoms with Gasteiger partial charge in [0.1, 0.15) is 0 Å². The lowest BCUT2D eigenvalue weighted by Crippen LogP contribution is -2.11. The molecule has 168 valence electrons. The largest absolute Gasteiger partial charge is 0.330 e. The quantitative estimate of drug-likeness (QED) is 0.336. The third kappa shape index (κ3) is 3.32. The zero-order chi connectivity index (χ0) is 23.3. The minimum Gasteiger partial charge on any atom is -0.330 e. The van der Waals surface area contributed by atoms with E-state index in [2.05, 4.69) is 35.3 Å². The van der Waals surface area contributed by atoms with E-state index in [1.165, 1.54) is 20.7 Å². The van der Waals surface area contributed by atoms with Crippen LogP contribution >= 0.6 is 11.3 Å². The zero-order valence-electron chi connectivity index (χ0n) is 18.2. The molecule has 0 aliphatic rings. The Balaban J connectivity index is 1.55.